The second kappa shape index (κ2) is 6.37. The Kier molecular flexibility index (Phi) is 4.80. The second-order valence-corrected chi connectivity index (χ2v) is 5.36. The summed E-state index contributed by atoms with van der Waals surface area (Å²) >= 11 is 0. The van der Waals surface area contributed by atoms with Crippen LogP contribution in [0.1, 0.15) is 39.5 Å². The van der Waals surface area contributed by atoms with Crippen LogP contribution in [-0.4, -0.2) is 48.6 Å². The number of hydrogen-bond acceptors (Lipinski definition) is 3. The molecule has 108 valence electrons. The molecule has 0 aromatic rings. The van der Waals surface area contributed by atoms with E-state index in [4.69, 9.17) is 4.74 Å². The summed E-state index contributed by atoms with van der Waals surface area (Å²) in [6, 6.07) is -0.602. The van der Waals surface area contributed by atoms with Crippen LogP contribution in [0.2, 0.25) is 0 Å². The highest BCUT2D eigenvalue weighted by Gasteiger charge is 2.47. The normalized spacial score (nSPS) is 27.6. The molecule has 5 heteroatoms. The van der Waals surface area contributed by atoms with Gasteiger partial charge in [0.25, 0.3) is 0 Å². The molecule has 1 saturated carbocycles. The Labute approximate surface area is 114 Å². The molecule has 2 unspecified atom stereocenters. The second-order valence-electron chi connectivity index (χ2n) is 5.36. The fraction of sp³-hybridized carbons (Fsp3) is 0.857. The quantitative estimate of drug-likeness (QED) is 0.699. The number of nitrogens with one attached hydrogen (secondary N) is 1. The SMILES string of the molecule is CCCC1NC(=O)C(C2CC2)N(CCOCC)C1=O. The zero-order valence-corrected chi connectivity index (χ0v) is 11.9. The third-order valence-electron chi connectivity index (χ3n) is 3.83. The summed E-state index contributed by atoms with van der Waals surface area (Å²) in [5.74, 6) is 0.447. The summed E-state index contributed by atoms with van der Waals surface area (Å²) in [5.41, 5.74) is 0. The van der Waals surface area contributed by atoms with E-state index in [0.29, 0.717) is 32.1 Å². The first kappa shape index (κ1) is 14.3. The summed E-state index contributed by atoms with van der Waals surface area (Å²) in [6.45, 7) is 5.64. The van der Waals surface area contributed by atoms with Gasteiger partial charge in [-0.2, -0.15) is 0 Å². The highest BCUT2D eigenvalue weighted by molar-refractivity contribution is 5.97. The van der Waals surface area contributed by atoms with Gasteiger partial charge in [-0.05, 0) is 32.1 Å². The summed E-state index contributed by atoms with van der Waals surface area (Å²) in [5, 5.41) is 2.89. The highest BCUT2D eigenvalue weighted by atomic mass is 16.5. The Morgan fingerprint density at radius 2 is 2.05 bits per heavy atom. The zero-order valence-electron chi connectivity index (χ0n) is 11.9. The van der Waals surface area contributed by atoms with Crippen molar-refractivity contribution in [2.75, 3.05) is 19.8 Å². The van der Waals surface area contributed by atoms with Crippen molar-refractivity contribution in [3.8, 4) is 0 Å². The number of amides is 2. The van der Waals surface area contributed by atoms with Crippen molar-refractivity contribution in [1.29, 1.82) is 0 Å². The molecule has 0 aromatic carbocycles. The molecule has 5 nitrogen and oxygen atoms in total. The van der Waals surface area contributed by atoms with Crippen molar-refractivity contribution in [2.24, 2.45) is 5.92 Å². The van der Waals surface area contributed by atoms with Crippen molar-refractivity contribution in [1.82, 2.24) is 10.2 Å². The number of carbonyl (C=O) groups is 2. The first-order valence-electron chi connectivity index (χ1n) is 7.37. The molecule has 0 radical (unpaired) electrons. The Bertz CT molecular complexity index is 342. The van der Waals surface area contributed by atoms with Gasteiger partial charge in [-0.15, -0.1) is 0 Å². The Morgan fingerprint density at radius 3 is 2.63 bits per heavy atom. The van der Waals surface area contributed by atoms with Crippen LogP contribution in [0.15, 0.2) is 0 Å². The predicted molar refractivity (Wildman–Crippen MR) is 71.6 cm³/mol. The maximum Gasteiger partial charge on any atom is 0.245 e. The van der Waals surface area contributed by atoms with Crippen molar-refractivity contribution in [3.05, 3.63) is 0 Å². The fourth-order valence-electron chi connectivity index (χ4n) is 2.72. The zero-order chi connectivity index (χ0) is 13.8. The molecule has 0 bridgehead atoms. The van der Waals surface area contributed by atoms with Gasteiger partial charge in [0.2, 0.25) is 11.8 Å². The Balaban J connectivity index is 2.05. The lowest BCUT2D eigenvalue weighted by Gasteiger charge is -2.39. The smallest absolute Gasteiger partial charge is 0.245 e. The minimum absolute atomic E-state index is 0.0250. The van der Waals surface area contributed by atoms with Gasteiger partial charge in [0.05, 0.1) is 6.61 Å². The van der Waals surface area contributed by atoms with Crippen LogP contribution in [0.4, 0.5) is 0 Å². The maximum absolute atomic E-state index is 12.5. The average molecular weight is 268 g/mol. The first-order valence-corrected chi connectivity index (χ1v) is 7.37. The van der Waals surface area contributed by atoms with Crippen LogP contribution in [0.5, 0.6) is 0 Å². The van der Waals surface area contributed by atoms with Crippen LogP contribution in [0.3, 0.4) is 0 Å². The Hall–Kier alpha value is -1.10. The van der Waals surface area contributed by atoms with Crippen molar-refractivity contribution in [3.63, 3.8) is 0 Å². The summed E-state index contributed by atoms with van der Waals surface area (Å²) in [6.07, 6.45) is 3.71. The molecule has 2 aliphatic rings. The van der Waals surface area contributed by atoms with Gasteiger partial charge < -0.3 is 15.0 Å². The minimum atomic E-state index is -0.339. The molecule has 2 fully saturated rings. The Morgan fingerprint density at radius 1 is 1.32 bits per heavy atom. The number of hydrogen-bond donors (Lipinski definition) is 1. The summed E-state index contributed by atoms with van der Waals surface area (Å²) < 4.78 is 5.34. The van der Waals surface area contributed by atoms with Crippen LogP contribution >= 0.6 is 0 Å². The molecule has 0 aromatic heterocycles. The molecule has 1 aliphatic carbocycles. The molecular formula is C14H24N2O3. The van der Waals surface area contributed by atoms with Crippen LogP contribution in [-0.2, 0) is 14.3 Å². The number of nitrogens with zero attached hydrogens (tertiary/aromatic N) is 1. The summed E-state index contributed by atoms with van der Waals surface area (Å²) in [4.78, 5) is 26.4. The van der Waals surface area contributed by atoms with E-state index in [9.17, 15) is 9.59 Å². The van der Waals surface area contributed by atoms with E-state index in [-0.39, 0.29) is 23.9 Å². The lowest BCUT2D eigenvalue weighted by atomic mass is 10.0. The van der Waals surface area contributed by atoms with Gasteiger partial charge >= 0.3 is 0 Å². The highest BCUT2D eigenvalue weighted by Crippen LogP contribution is 2.37. The largest absolute Gasteiger partial charge is 0.380 e. The van der Waals surface area contributed by atoms with E-state index < -0.39 is 0 Å². The van der Waals surface area contributed by atoms with E-state index in [0.717, 1.165) is 19.3 Å². The molecule has 1 heterocycles. The molecule has 1 N–H and O–H groups in total. The van der Waals surface area contributed by atoms with Gasteiger partial charge in [-0.3, -0.25) is 9.59 Å². The maximum atomic E-state index is 12.5. The van der Waals surface area contributed by atoms with Crippen LogP contribution in [0.25, 0.3) is 0 Å². The molecule has 1 aliphatic heterocycles. The molecule has 1 saturated heterocycles. The number of piperazine rings is 1. The van der Waals surface area contributed by atoms with Crippen molar-refractivity contribution in [2.45, 2.75) is 51.6 Å². The number of carbonyl (C=O) groups excluding carboxylic acids is 2. The first-order chi connectivity index (χ1) is 9.19. The van der Waals surface area contributed by atoms with Crippen molar-refractivity contribution >= 4 is 11.8 Å². The standard InChI is InChI=1S/C14H24N2O3/c1-3-5-11-14(18)16(8-9-19-4-2)12(10-6-7-10)13(17)15-11/h10-12H,3-9H2,1-2H3,(H,15,17). The fourth-order valence-corrected chi connectivity index (χ4v) is 2.72. The molecule has 2 rings (SSSR count). The molecular weight excluding hydrogens is 244 g/mol. The minimum Gasteiger partial charge on any atom is -0.380 e. The topological polar surface area (TPSA) is 58.6 Å². The van der Waals surface area contributed by atoms with Gasteiger partial charge in [0, 0.05) is 13.2 Å². The van der Waals surface area contributed by atoms with Gasteiger partial charge in [-0.1, -0.05) is 13.3 Å². The van der Waals surface area contributed by atoms with E-state index in [1.807, 2.05) is 13.8 Å². The van der Waals surface area contributed by atoms with E-state index >= 15 is 0 Å². The van der Waals surface area contributed by atoms with Gasteiger partial charge in [-0.25, -0.2) is 0 Å². The molecule has 19 heavy (non-hydrogen) atoms. The van der Waals surface area contributed by atoms with E-state index in [1.165, 1.54) is 0 Å². The molecule has 2 atom stereocenters. The third kappa shape index (κ3) is 3.26. The number of rotatable bonds is 7. The molecule has 2 amide bonds. The van der Waals surface area contributed by atoms with E-state index in [2.05, 4.69) is 5.32 Å². The van der Waals surface area contributed by atoms with Gasteiger partial charge in [0.15, 0.2) is 0 Å². The monoisotopic (exact) mass is 268 g/mol. The predicted octanol–water partition coefficient (Wildman–Crippen LogP) is 0.929. The van der Waals surface area contributed by atoms with Crippen LogP contribution < -0.4 is 5.32 Å². The third-order valence-corrected chi connectivity index (χ3v) is 3.83. The average Bonchev–Trinajstić information content (AvgIpc) is 3.19. The van der Waals surface area contributed by atoms with Gasteiger partial charge in [0.1, 0.15) is 12.1 Å². The van der Waals surface area contributed by atoms with Crippen LogP contribution in [0, 0.1) is 5.92 Å². The summed E-state index contributed by atoms with van der Waals surface area (Å²) in [7, 11) is 0. The lowest BCUT2D eigenvalue weighted by Crippen LogP contribution is -2.64. The lowest BCUT2D eigenvalue weighted by molar-refractivity contribution is -0.151. The van der Waals surface area contributed by atoms with E-state index in [1.54, 1.807) is 4.90 Å². The number of ether oxygens (including phenoxy) is 1. The van der Waals surface area contributed by atoms with Crippen molar-refractivity contribution < 1.29 is 14.3 Å². The molecule has 0 spiro atoms.